The van der Waals surface area contributed by atoms with Crippen molar-refractivity contribution in [1.82, 2.24) is 25.5 Å². The summed E-state index contributed by atoms with van der Waals surface area (Å²) in [5, 5.41) is 17.6. The summed E-state index contributed by atoms with van der Waals surface area (Å²) in [7, 11) is 0. The highest BCUT2D eigenvalue weighted by atomic mass is 32.2. The van der Waals surface area contributed by atoms with Crippen LogP contribution in [0.25, 0.3) is 0 Å². The number of nitrogens with zero attached hydrogens (tertiary/aromatic N) is 4. The number of carbonyl (C=O) groups is 1. The lowest BCUT2D eigenvalue weighted by atomic mass is 9.89. The van der Waals surface area contributed by atoms with Crippen molar-refractivity contribution in [2.75, 3.05) is 5.75 Å². The molecule has 2 heterocycles. The predicted molar refractivity (Wildman–Crippen MR) is 112 cm³/mol. The van der Waals surface area contributed by atoms with E-state index in [9.17, 15) is 4.79 Å². The molecule has 6 nitrogen and oxygen atoms in total. The first kappa shape index (κ1) is 19.1. The van der Waals surface area contributed by atoms with Crippen molar-refractivity contribution in [1.29, 1.82) is 0 Å². The van der Waals surface area contributed by atoms with Crippen molar-refractivity contribution in [3.05, 3.63) is 57.3 Å². The molecule has 0 spiro atoms. The fourth-order valence-corrected chi connectivity index (χ4v) is 4.84. The molecule has 1 atom stereocenters. The number of hydrogen-bond acceptors (Lipinski definition) is 6. The Bertz CT molecular complexity index is 938. The smallest absolute Gasteiger partial charge is 0.230 e. The molecule has 2 aromatic heterocycles. The van der Waals surface area contributed by atoms with Gasteiger partial charge in [-0.2, -0.15) is 0 Å². The average molecular weight is 414 g/mol. The first-order valence-electron chi connectivity index (χ1n) is 9.51. The maximum atomic E-state index is 12.4. The Labute approximate surface area is 172 Å². The fourth-order valence-electron chi connectivity index (χ4n) is 3.47. The highest BCUT2D eigenvalue weighted by Crippen LogP contribution is 2.25. The van der Waals surface area contributed by atoms with Crippen LogP contribution in [-0.4, -0.2) is 31.9 Å². The lowest BCUT2D eigenvalue weighted by Gasteiger charge is -2.20. The van der Waals surface area contributed by atoms with Crippen molar-refractivity contribution in [3.8, 4) is 0 Å². The summed E-state index contributed by atoms with van der Waals surface area (Å²) in [4.78, 5) is 13.6. The van der Waals surface area contributed by atoms with E-state index in [0.29, 0.717) is 17.5 Å². The van der Waals surface area contributed by atoms with Crippen molar-refractivity contribution in [3.63, 3.8) is 0 Å². The van der Waals surface area contributed by atoms with Gasteiger partial charge in [0.25, 0.3) is 0 Å². The van der Waals surface area contributed by atoms with Gasteiger partial charge in [0.1, 0.15) is 0 Å². The summed E-state index contributed by atoms with van der Waals surface area (Å²) in [6, 6.07) is 10.7. The molecule has 0 radical (unpaired) electrons. The van der Waals surface area contributed by atoms with Crippen LogP contribution in [0, 0.1) is 0 Å². The number of fused-ring (bicyclic) bond motifs is 1. The largest absolute Gasteiger partial charge is 0.349 e. The molecule has 1 N–H and O–H groups in total. The maximum absolute atomic E-state index is 12.4. The molecule has 4 rings (SSSR count). The second-order valence-electron chi connectivity index (χ2n) is 7.01. The van der Waals surface area contributed by atoms with E-state index in [1.807, 2.05) is 24.4 Å². The molecule has 1 aliphatic rings. The third-order valence-corrected chi connectivity index (χ3v) is 6.79. The van der Waals surface area contributed by atoms with E-state index in [1.165, 1.54) is 52.6 Å². The number of nitrogens with one attached hydrogen (secondary N) is 1. The predicted octanol–water partition coefficient (Wildman–Crippen LogP) is 3.63. The summed E-state index contributed by atoms with van der Waals surface area (Å²) in [6.07, 6.45) is 4.86. The second-order valence-corrected chi connectivity index (χ2v) is 8.99. The van der Waals surface area contributed by atoms with Crippen molar-refractivity contribution in [2.45, 2.75) is 50.4 Å². The lowest BCUT2D eigenvalue weighted by Crippen LogP contribution is -2.28. The van der Waals surface area contributed by atoms with Crippen molar-refractivity contribution >= 4 is 29.0 Å². The van der Waals surface area contributed by atoms with E-state index in [4.69, 9.17) is 0 Å². The molecule has 1 aromatic carbocycles. The first-order valence-corrected chi connectivity index (χ1v) is 11.4. The highest BCUT2D eigenvalue weighted by Gasteiger charge is 2.15. The molecule has 28 heavy (non-hydrogen) atoms. The van der Waals surface area contributed by atoms with Crippen LogP contribution in [0.1, 0.15) is 47.4 Å². The minimum absolute atomic E-state index is 0.0116. The van der Waals surface area contributed by atoms with Crippen LogP contribution in [0.5, 0.6) is 0 Å². The molecule has 1 aliphatic carbocycles. The van der Waals surface area contributed by atoms with E-state index in [1.54, 1.807) is 16.0 Å². The third-order valence-electron chi connectivity index (χ3n) is 4.97. The van der Waals surface area contributed by atoms with Gasteiger partial charge in [0.05, 0.1) is 18.3 Å². The van der Waals surface area contributed by atoms with Gasteiger partial charge in [-0.1, -0.05) is 36.0 Å². The van der Waals surface area contributed by atoms with Gasteiger partial charge in [-0.05, 0) is 71.2 Å². The summed E-state index contributed by atoms with van der Waals surface area (Å²) in [6.45, 7) is 2.66. The zero-order valence-corrected chi connectivity index (χ0v) is 17.4. The zero-order chi connectivity index (χ0) is 19.3. The molecule has 3 aromatic rings. The average Bonchev–Trinajstić information content (AvgIpc) is 3.38. The minimum atomic E-state index is -0.0131. The number of thioether (sulfide) groups is 1. The van der Waals surface area contributed by atoms with E-state index in [0.717, 1.165) is 6.42 Å². The van der Waals surface area contributed by atoms with Crippen molar-refractivity contribution in [2.24, 2.45) is 0 Å². The SMILES string of the molecule is C[C@@H](NC(=O)CSc1nnnn1Cc1cccs1)c1ccc2c(c1)CCCC2. The normalized spacial score (nSPS) is 14.5. The summed E-state index contributed by atoms with van der Waals surface area (Å²) in [5.41, 5.74) is 4.06. The fraction of sp³-hybridized carbons (Fsp3) is 0.400. The second kappa shape index (κ2) is 8.87. The molecular formula is C20H23N5OS2. The number of thiophene rings is 1. The molecule has 0 saturated heterocycles. The standard InChI is InChI=1S/C20H23N5OS2/c1-14(16-9-8-15-5-2-3-6-17(15)11-16)21-19(26)13-28-20-22-23-24-25(20)12-18-7-4-10-27-18/h4,7-11,14H,2-3,5-6,12-13H2,1H3,(H,21,26)/t14-/m1/s1. The quantitative estimate of drug-likeness (QED) is 0.599. The number of aromatic nitrogens is 4. The van der Waals surface area contributed by atoms with Crippen LogP contribution in [0.3, 0.4) is 0 Å². The number of aryl methyl sites for hydroxylation is 2. The van der Waals surface area contributed by atoms with Gasteiger partial charge in [-0.3, -0.25) is 4.79 Å². The molecule has 146 valence electrons. The minimum Gasteiger partial charge on any atom is -0.349 e. The Morgan fingerprint density at radius 2 is 2.14 bits per heavy atom. The Hall–Kier alpha value is -2.19. The van der Waals surface area contributed by atoms with Crippen LogP contribution in [0.2, 0.25) is 0 Å². The summed E-state index contributed by atoms with van der Waals surface area (Å²) >= 11 is 3.03. The lowest BCUT2D eigenvalue weighted by molar-refractivity contribution is -0.119. The summed E-state index contributed by atoms with van der Waals surface area (Å²) < 4.78 is 1.73. The molecule has 0 bridgehead atoms. The van der Waals surface area contributed by atoms with E-state index in [2.05, 4.69) is 39.0 Å². The van der Waals surface area contributed by atoms with Gasteiger partial charge in [-0.25, -0.2) is 4.68 Å². The van der Waals surface area contributed by atoms with Gasteiger partial charge in [-0.15, -0.1) is 16.4 Å². The van der Waals surface area contributed by atoms with Crippen LogP contribution >= 0.6 is 23.1 Å². The highest BCUT2D eigenvalue weighted by molar-refractivity contribution is 7.99. The Morgan fingerprint density at radius 3 is 2.96 bits per heavy atom. The number of amides is 1. The number of hydrogen-bond donors (Lipinski definition) is 1. The Morgan fingerprint density at radius 1 is 1.29 bits per heavy atom. The number of benzene rings is 1. The monoisotopic (exact) mass is 413 g/mol. The molecule has 0 aliphatic heterocycles. The Kier molecular flexibility index (Phi) is 6.07. The van der Waals surface area contributed by atoms with Crippen LogP contribution in [-0.2, 0) is 24.2 Å². The number of rotatable bonds is 7. The molecular weight excluding hydrogens is 390 g/mol. The van der Waals surface area contributed by atoms with Crippen LogP contribution in [0.4, 0.5) is 0 Å². The zero-order valence-electron chi connectivity index (χ0n) is 15.8. The number of carbonyl (C=O) groups excluding carboxylic acids is 1. The number of tetrazole rings is 1. The topological polar surface area (TPSA) is 72.7 Å². The van der Waals surface area contributed by atoms with Gasteiger partial charge in [0, 0.05) is 4.88 Å². The van der Waals surface area contributed by atoms with Crippen LogP contribution < -0.4 is 5.32 Å². The van der Waals surface area contributed by atoms with E-state index >= 15 is 0 Å². The van der Waals surface area contributed by atoms with Gasteiger partial charge in [0.2, 0.25) is 11.1 Å². The van der Waals surface area contributed by atoms with E-state index < -0.39 is 0 Å². The third kappa shape index (κ3) is 4.62. The summed E-state index contributed by atoms with van der Waals surface area (Å²) in [5.74, 6) is 0.279. The molecule has 0 unspecified atom stereocenters. The first-order chi connectivity index (χ1) is 13.7. The maximum Gasteiger partial charge on any atom is 0.230 e. The van der Waals surface area contributed by atoms with Crippen molar-refractivity contribution < 1.29 is 4.79 Å². The van der Waals surface area contributed by atoms with Gasteiger partial charge in [0.15, 0.2) is 0 Å². The molecule has 8 heteroatoms. The molecule has 0 fully saturated rings. The molecule has 1 amide bonds. The van der Waals surface area contributed by atoms with Gasteiger partial charge < -0.3 is 5.32 Å². The molecule has 0 saturated carbocycles. The Balaban J connectivity index is 1.32. The van der Waals surface area contributed by atoms with Gasteiger partial charge >= 0.3 is 0 Å². The van der Waals surface area contributed by atoms with Crippen LogP contribution in [0.15, 0.2) is 40.9 Å². The van der Waals surface area contributed by atoms with E-state index in [-0.39, 0.29) is 11.9 Å².